The van der Waals surface area contributed by atoms with E-state index in [9.17, 15) is 0 Å². The van der Waals surface area contributed by atoms with Gasteiger partial charge in [0.05, 0.1) is 6.20 Å². The van der Waals surface area contributed by atoms with Crippen LogP contribution in [0.3, 0.4) is 0 Å². The smallest absolute Gasteiger partial charge is 0.203 e. The second-order valence-electron chi connectivity index (χ2n) is 12.4. The van der Waals surface area contributed by atoms with Gasteiger partial charge in [-0.05, 0) is 85.5 Å². The van der Waals surface area contributed by atoms with Gasteiger partial charge in [-0.15, -0.1) is 5.10 Å². The van der Waals surface area contributed by atoms with Gasteiger partial charge in [-0.2, -0.15) is 15.4 Å². The molecule has 3 saturated carbocycles. The third-order valence-electron chi connectivity index (χ3n) is 10.2. The van der Waals surface area contributed by atoms with E-state index in [2.05, 4.69) is 86.5 Å². The van der Waals surface area contributed by atoms with Gasteiger partial charge in [0, 0.05) is 36.0 Å². The normalized spacial score (nSPS) is 27.5. The Morgan fingerprint density at radius 3 is 2.74 bits per heavy atom. The topological polar surface area (TPSA) is 120 Å². The number of rotatable bonds is 2. The minimum Gasteiger partial charge on any atom is -0.489 e. The van der Waals surface area contributed by atoms with Crippen molar-refractivity contribution < 1.29 is 4.74 Å². The number of nitrogens with one attached hydrogen (secondary N) is 2. The zero-order chi connectivity index (χ0) is 28.1. The van der Waals surface area contributed by atoms with Crippen LogP contribution in [0.2, 0.25) is 0 Å². The molecule has 1 unspecified atom stereocenters. The van der Waals surface area contributed by atoms with Gasteiger partial charge in [0.1, 0.15) is 23.2 Å². The third-order valence-corrected chi connectivity index (χ3v) is 10.2. The van der Waals surface area contributed by atoms with Crippen molar-refractivity contribution in [3.63, 3.8) is 0 Å². The first kappa shape index (κ1) is 25.5. The predicted molar refractivity (Wildman–Crippen MR) is 161 cm³/mol. The average molecular weight is 561 g/mol. The number of hydrogen-bond donors (Lipinski definition) is 3. The van der Waals surface area contributed by atoms with E-state index in [1.807, 2.05) is 16.9 Å². The highest BCUT2D eigenvalue weighted by molar-refractivity contribution is 5.77. The molecule has 0 saturated heterocycles. The SMILES string of the molecule is Nc1cc(C2CCNC34CCC(c5ccccc5)(CC3)[C@H](C4)Oc3cccc(c3)CCn3cc2cn3)c2n[nH]nc2n1. The molecule has 1 aliphatic heterocycles. The molecule has 0 amide bonds. The van der Waals surface area contributed by atoms with E-state index in [0.29, 0.717) is 11.5 Å². The van der Waals surface area contributed by atoms with Gasteiger partial charge in [-0.3, -0.25) is 4.68 Å². The summed E-state index contributed by atoms with van der Waals surface area (Å²) in [6.07, 6.45) is 11.5. The number of nitrogens with two attached hydrogens (primary N) is 1. The first-order chi connectivity index (χ1) is 20.6. The van der Waals surface area contributed by atoms with Gasteiger partial charge in [0.25, 0.3) is 0 Å². The molecule has 9 heteroatoms. The van der Waals surface area contributed by atoms with E-state index >= 15 is 0 Å². The number of nitrogen functional groups attached to an aromatic ring is 1. The quantitative estimate of drug-likeness (QED) is 0.281. The largest absolute Gasteiger partial charge is 0.489 e. The molecule has 3 fully saturated rings. The lowest BCUT2D eigenvalue weighted by Gasteiger charge is -2.58. The molecule has 42 heavy (non-hydrogen) atoms. The Morgan fingerprint density at radius 1 is 0.976 bits per heavy atom. The van der Waals surface area contributed by atoms with Gasteiger partial charge < -0.3 is 15.8 Å². The zero-order valence-electron chi connectivity index (χ0n) is 23.7. The number of benzene rings is 2. The van der Waals surface area contributed by atoms with E-state index in [1.165, 1.54) is 11.1 Å². The number of H-pyrrole nitrogens is 1. The fourth-order valence-electron chi connectivity index (χ4n) is 7.89. The average Bonchev–Trinajstić information content (AvgIpc) is 3.69. The Hall–Kier alpha value is -4.24. The van der Waals surface area contributed by atoms with Crippen LogP contribution >= 0.6 is 0 Å². The number of aromatic amines is 1. The molecule has 9 nitrogen and oxygen atoms in total. The van der Waals surface area contributed by atoms with Crippen molar-refractivity contribution in [2.24, 2.45) is 0 Å². The van der Waals surface area contributed by atoms with Crippen LogP contribution in [0.15, 0.2) is 73.1 Å². The molecule has 0 radical (unpaired) electrons. The summed E-state index contributed by atoms with van der Waals surface area (Å²) in [6, 6.07) is 21.7. The first-order valence-electron chi connectivity index (χ1n) is 15.1. The molecular formula is C33H36N8O. The van der Waals surface area contributed by atoms with Crippen LogP contribution in [-0.4, -0.2) is 48.4 Å². The number of aromatic nitrogens is 6. The van der Waals surface area contributed by atoms with Crippen molar-refractivity contribution >= 4 is 17.0 Å². The molecule has 9 rings (SSSR count). The number of anilines is 1. The molecule has 3 aliphatic carbocycles. The van der Waals surface area contributed by atoms with Gasteiger partial charge in [-0.1, -0.05) is 42.5 Å². The first-order valence-corrected chi connectivity index (χ1v) is 15.1. The summed E-state index contributed by atoms with van der Waals surface area (Å²) in [5.41, 5.74) is 12.5. The minimum absolute atomic E-state index is 0.0330. The number of aryl methyl sites for hydroxylation is 2. The monoisotopic (exact) mass is 560 g/mol. The highest BCUT2D eigenvalue weighted by Gasteiger charge is 2.56. The van der Waals surface area contributed by atoms with Gasteiger partial charge in [0.15, 0.2) is 0 Å². The van der Waals surface area contributed by atoms with Crippen LogP contribution in [0.5, 0.6) is 5.75 Å². The van der Waals surface area contributed by atoms with Crippen LogP contribution in [0, 0.1) is 0 Å². The number of nitrogens with zero attached hydrogens (tertiary/aromatic N) is 5. The van der Waals surface area contributed by atoms with Crippen molar-refractivity contribution in [2.75, 3.05) is 12.3 Å². The van der Waals surface area contributed by atoms with Gasteiger partial charge in [0.2, 0.25) is 5.65 Å². The molecule has 5 aromatic rings. The van der Waals surface area contributed by atoms with Crippen molar-refractivity contribution in [3.8, 4) is 5.75 Å². The van der Waals surface area contributed by atoms with Crippen LogP contribution in [-0.2, 0) is 18.4 Å². The molecule has 4 N–H and O–H groups in total. The molecule has 4 aliphatic rings. The zero-order valence-corrected chi connectivity index (χ0v) is 23.7. The Morgan fingerprint density at radius 2 is 1.86 bits per heavy atom. The predicted octanol–water partition coefficient (Wildman–Crippen LogP) is 4.90. The molecule has 1 spiro atoms. The molecular weight excluding hydrogens is 524 g/mol. The number of pyridine rings is 1. The van der Waals surface area contributed by atoms with E-state index in [4.69, 9.17) is 15.6 Å². The summed E-state index contributed by atoms with van der Waals surface area (Å²) in [6.45, 7) is 1.64. The number of hydrogen-bond acceptors (Lipinski definition) is 7. The Labute approximate surface area is 244 Å². The van der Waals surface area contributed by atoms with Gasteiger partial charge >= 0.3 is 0 Å². The standard InChI is InChI=1S/C33H36N8O/c34-29-18-27(30-31(37-29)39-40-38-30)26-9-15-35-32-11-13-33(14-12-32,24-6-2-1-3-7-24)28(19-32)42-25-8-4-5-22(17-25)10-16-41-21-23(26)20-36-41/h1-8,17-18,20-21,26,28,35H,9-16,19H2,(H3,34,37,38,39,40)/t26?,28-,32?,33?/m0/s1. The lowest BCUT2D eigenvalue weighted by molar-refractivity contribution is -0.0353. The number of fused-ring (bicyclic) bond motifs is 7. The Bertz CT molecular complexity index is 1720. The Balaban J connectivity index is 1.18. The van der Waals surface area contributed by atoms with E-state index in [0.717, 1.165) is 80.4 Å². The fraction of sp³-hybridized carbons (Fsp3) is 0.394. The maximum Gasteiger partial charge on any atom is 0.203 e. The second kappa shape index (κ2) is 9.94. The highest BCUT2D eigenvalue weighted by atomic mass is 16.5. The van der Waals surface area contributed by atoms with Crippen molar-refractivity contribution in [1.29, 1.82) is 0 Å². The Kier molecular flexibility index (Phi) is 6.03. The summed E-state index contributed by atoms with van der Waals surface area (Å²) in [4.78, 5) is 4.39. The van der Waals surface area contributed by atoms with Crippen molar-refractivity contribution in [1.82, 2.24) is 35.5 Å². The molecule has 4 heterocycles. The molecule has 2 aromatic carbocycles. The third kappa shape index (κ3) is 4.34. The molecule has 2 atom stereocenters. The number of ether oxygens (including phenoxy) is 1. The summed E-state index contributed by atoms with van der Waals surface area (Å²) in [7, 11) is 0. The van der Waals surface area contributed by atoms with Crippen LogP contribution < -0.4 is 15.8 Å². The highest BCUT2D eigenvalue weighted by Crippen LogP contribution is 2.55. The summed E-state index contributed by atoms with van der Waals surface area (Å²) in [5, 5.41) is 20.3. The molecule has 214 valence electrons. The summed E-state index contributed by atoms with van der Waals surface area (Å²) >= 11 is 0. The molecule has 3 aromatic heterocycles. The maximum atomic E-state index is 6.98. The molecule has 7 bridgehead atoms. The minimum atomic E-state index is 0.0330. The van der Waals surface area contributed by atoms with Crippen LogP contribution in [0.25, 0.3) is 11.2 Å². The summed E-state index contributed by atoms with van der Waals surface area (Å²) < 4.78 is 9.02. The van der Waals surface area contributed by atoms with E-state index in [1.54, 1.807) is 0 Å². The van der Waals surface area contributed by atoms with Gasteiger partial charge in [-0.25, -0.2) is 4.98 Å². The van der Waals surface area contributed by atoms with Crippen molar-refractivity contribution in [3.05, 3.63) is 95.3 Å². The second-order valence-corrected chi connectivity index (χ2v) is 12.4. The lowest BCUT2D eigenvalue weighted by atomic mass is 9.53. The van der Waals surface area contributed by atoms with E-state index < -0.39 is 0 Å². The summed E-state index contributed by atoms with van der Waals surface area (Å²) in [5.74, 6) is 1.48. The fourth-order valence-corrected chi connectivity index (χ4v) is 7.89. The van der Waals surface area contributed by atoms with Crippen LogP contribution in [0.4, 0.5) is 5.82 Å². The van der Waals surface area contributed by atoms with Crippen LogP contribution in [0.1, 0.15) is 66.7 Å². The van der Waals surface area contributed by atoms with E-state index in [-0.39, 0.29) is 23.0 Å². The lowest BCUT2D eigenvalue weighted by Crippen LogP contribution is -2.64. The maximum absolute atomic E-state index is 6.98. The van der Waals surface area contributed by atoms with Crippen molar-refractivity contribution in [2.45, 2.75) is 74.5 Å².